The molecule has 0 saturated carbocycles. The molecule has 3 rings (SSSR count). The van der Waals surface area contributed by atoms with Crippen molar-refractivity contribution in [2.24, 2.45) is 10.7 Å². The number of anilines is 1. The van der Waals surface area contributed by atoms with Crippen LogP contribution < -0.4 is 15.8 Å². The molecule has 0 aliphatic rings. The van der Waals surface area contributed by atoms with Crippen molar-refractivity contribution in [2.45, 2.75) is 25.2 Å². The maximum Gasteiger partial charge on any atom is 0.264 e. The van der Waals surface area contributed by atoms with Crippen LogP contribution >= 0.6 is 11.3 Å². The molecule has 0 atom stereocenters. The monoisotopic (exact) mass is 469 g/mol. The first-order valence-corrected chi connectivity index (χ1v) is 12.0. The highest BCUT2D eigenvalue weighted by Crippen LogP contribution is 2.28. The summed E-state index contributed by atoms with van der Waals surface area (Å²) in [5, 5.41) is 3.20. The van der Waals surface area contributed by atoms with Crippen LogP contribution in [0.25, 0.3) is 15.8 Å². The molecule has 8 nitrogen and oxygen atoms in total. The SMILES string of the molecule is C=C(/C=C\N=C(/N)NS(=O)(=O)c1ccc(CC)cc1)c1ccc2nc(NC(C)=O)sc2c1. The zero-order valence-electron chi connectivity index (χ0n) is 17.6. The first-order valence-electron chi connectivity index (χ1n) is 9.67. The van der Waals surface area contributed by atoms with Crippen LogP contribution in [-0.2, 0) is 21.2 Å². The van der Waals surface area contributed by atoms with Crippen molar-refractivity contribution in [3.05, 3.63) is 72.4 Å². The van der Waals surface area contributed by atoms with E-state index in [0.717, 1.165) is 27.8 Å². The highest BCUT2D eigenvalue weighted by Gasteiger charge is 2.14. The Labute approximate surface area is 190 Å². The molecule has 2 aromatic carbocycles. The van der Waals surface area contributed by atoms with Gasteiger partial charge >= 0.3 is 0 Å². The first-order chi connectivity index (χ1) is 15.2. The van der Waals surface area contributed by atoms with E-state index >= 15 is 0 Å². The fraction of sp³-hybridized carbons (Fsp3) is 0.136. The van der Waals surface area contributed by atoms with E-state index in [1.807, 2.05) is 25.1 Å². The van der Waals surface area contributed by atoms with Crippen LogP contribution in [0.5, 0.6) is 0 Å². The van der Waals surface area contributed by atoms with Crippen molar-refractivity contribution in [1.82, 2.24) is 9.71 Å². The third-order valence-electron chi connectivity index (χ3n) is 4.41. The van der Waals surface area contributed by atoms with Crippen LogP contribution in [-0.4, -0.2) is 25.3 Å². The number of aryl methyl sites for hydroxylation is 1. The predicted octanol–water partition coefficient (Wildman–Crippen LogP) is 3.64. The number of hydrogen-bond acceptors (Lipinski definition) is 6. The van der Waals surface area contributed by atoms with E-state index in [-0.39, 0.29) is 16.8 Å². The number of guanidine groups is 1. The number of amides is 1. The highest BCUT2D eigenvalue weighted by atomic mass is 32.2. The van der Waals surface area contributed by atoms with Crippen molar-refractivity contribution in [1.29, 1.82) is 0 Å². The fourth-order valence-corrected chi connectivity index (χ4v) is 4.65. The van der Waals surface area contributed by atoms with Gasteiger partial charge in [-0.2, -0.15) is 0 Å². The number of thiazole rings is 1. The predicted molar refractivity (Wildman–Crippen MR) is 130 cm³/mol. The summed E-state index contributed by atoms with van der Waals surface area (Å²) in [6.45, 7) is 7.42. The van der Waals surface area contributed by atoms with E-state index in [2.05, 4.69) is 26.6 Å². The standard InChI is InChI=1S/C22H23N5O3S2/c1-4-16-5-8-18(9-6-16)32(29,30)27-21(23)24-12-11-14(2)17-7-10-19-20(13-17)31-22(26-19)25-15(3)28/h5-13H,2,4H2,1,3H3,(H3,23,24,27)(H,25,26,28)/b12-11-. The van der Waals surface area contributed by atoms with Gasteiger partial charge in [0.05, 0.1) is 15.1 Å². The molecule has 0 fully saturated rings. The number of aliphatic imine (C=N–C) groups is 1. The van der Waals surface area contributed by atoms with Gasteiger partial charge in [0, 0.05) is 13.1 Å². The molecule has 0 unspecified atom stereocenters. The molecular weight excluding hydrogens is 446 g/mol. The molecule has 0 aliphatic carbocycles. The summed E-state index contributed by atoms with van der Waals surface area (Å²) in [4.78, 5) is 19.6. The van der Waals surface area contributed by atoms with Gasteiger partial charge in [0.2, 0.25) is 11.9 Å². The minimum Gasteiger partial charge on any atom is -0.369 e. The molecule has 166 valence electrons. The quantitative estimate of drug-likeness (QED) is 0.277. The van der Waals surface area contributed by atoms with Gasteiger partial charge in [0.1, 0.15) is 0 Å². The maximum absolute atomic E-state index is 12.4. The Kier molecular flexibility index (Phi) is 7.06. The number of sulfonamides is 1. The van der Waals surface area contributed by atoms with Gasteiger partial charge in [0.15, 0.2) is 5.13 Å². The molecule has 10 heteroatoms. The Hall–Kier alpha value is -3.50. The summed E-state index contributed by atoms with van der Waals surface area (Å²) in [6, 6.07) is 12.2. The minimum atomic E-state index is -3.82. The second kappa shape index (κ2) is 9.75. The number of carbonyl (C=O) groups excluding carboxylic acids is 1. The van der Waals surface area contributed by atoms with Gasteiger partial charge in [0.25, 0.3) is 10.0 Å². The van der Waals surface area contributed by atoms with Gasteiger partial charge < -0.3 is 11.1 Å². The van der Waals surface area contributed by atoms with Crippen molar-refractivity contribution in [3.63, 3.8) is 0 Å². The van der Waals surface area contributed by atoms with Gasteiger partial charge in [-0.25, -0.2) is 23.1 Å². The zero-order valence-corrected chi connectivity index (χ0v) is 19.3. The zero-order chi connectivity index (χ0) is 23.3. The normalized spacial score (nSPS) is 12.2. The Balaban J connectivity index is 1.68. The summed E-state index contributed by atoms with van der Waals surface area (Å²) in [7, 11) is -3.82. The second-order valence-electron chi connectivity index (χ2n) is 6.84. The van der Waals surface area contributed by atoms with Crippen LogP contribution in [0.2, 0.25) is 0 Å². The van der Waals surface area contributed by atoms with Crippen molar-refractivity contribution in [3.8, 4) is 0 Å². The minimum absolute atomic E-state index is 0.109. The third-order valence-corrected chi connectivity index (χ3v) is 6.72. The number of fused-ring (bicyclic) bond motifs is 1. The number of nitrogens with zero attached hydrogens (tertiary/aromatic N) is 2. The molecule has 0 bridgehead atoms. The molecule has 1 heterocycles. The number of allylic oxidation sites excluding steroid dienone is 2. The molecule has 0 spiro atoms. The van der Waals surface area contributed by atoms with Crippen LogP contribution in [0.4, 0.5) is 5.13 Å². The van der Waals surface area contributed by atoms with E-state index in [4.69, 9.17) is 5.73 Å². The van der Waals surface area contributed by atoms with Crippen LogP contribution in [0.1, 0.15) is 25.0 Å². The lowest BCUT2D eigenvalue weighted by atomic mass is 10.1. The third kappa shape index (κ3) is 5.80. The summed E-state index contributed by atoms with van der Waals surface area (Å²) < 4.78 is 28.0. The summed E-state index contributed by atoms with van der Waals surface area (Å²) in [5.41, 5.74) is 9.02. The Morgan fingerprint density at radius 2 is 1.97 bits per heavy atom. The average Bonchev–Trinajstić information content (AvgIpc) is 3.14. The van der Waals surface area contributed by atoms with Crippen molar-refractivity contribution < 1.29 is 13.2 Å². The lowest BCUT2D eigenvalue weighted by Gasteiger charge is -2.07. The molecule has 32 heavy (non-hydrogen) atoms. The first kappa shape index (κ1) is 23.2. The number of rotatable bonds is 7. The number of nitrogens with one attached hydrogen (secondary N) is 2. The summed E-state index contributed by atoms with van der Waals surface area (Å²) >= 11 is 1.36. The molecule has 0 saturated heterocycles. The number of hydrogen-bond donors (Lipinski definition) is 3. The van der Waals surface area contributed by atoms with Gasteiger partial charge in [-0.1, -0.05) is 43.0 Å². The Morgan fingerprint density at radius 1 is 1.25 bits per heavy atom. The largest absolute Gasteiger partial charge is 0.369 e. The smallest absolute Gasteiger partial charge is 0.264 e. The number of aromatic nitrogens is 1. The van der Waals surface area contributed by atoms with Crippen molar-refractivity contribution in [2.75, 3.05) is 5.32 Å². The lowest BCUT2D eigenvalue weighted by Crippen LogP contribution is -2.36. The molecule has 3 aromatic rings. The maximum atomic E-state index is 12.4. The van der Waals surface area contributed by atoms with E-state index in [1.165, 1.54) is 36.6 Å². The number of benzene rings is 2. The molecular formula is C22H23N5O3S2. The Bertz CT molecular complexity index is 1320. The Morgan fingerprint density at radius 3 is 2.62 bits per heavy atom. The fourth-order valence-electron chi connectivity index (χ4n) is 2.76. The van der Waals surface area contributed by atoms with Crippen molar-refractivity contribution >= 4 is 54.1 Å². The van der Waals surface area contributed by atoms with Crippen LogP contribution in [0, 0.1) is 0 Å². The van der Waals surface area contributed by atoms with E-state index in [9.17, 15) is 13.2 Å². The molecule has 0 aliphatic heterocycles. The molecule has 0 radical (unpaired) electrons. The van der Waals surface area contributed by atoms with E-state index in [1.54, 1.807) is 18.2 Å². The van der Waals surface area contributed by atoms with Crippen LogP contribution in [0.3, 0.4) is 0 Å². The van der Waals surface area contributed by atoms with Gasteiger partial charge in [-0.15, -0.1) is 0 Å². The van der Waals surface area contributed by atoms with E-state index in [0.29, 0.717) is 10.7 Å². The number of nitrogens with two attached hydrogens (primary N) is 1. The molecule has 1 amide bonds. The lowest BCUT2D eigenvalue weighted by molar-refractivity contribution is -0.114. The topological polar surface area (TPSA) is 127 Å². The summed E-state index contributed by atoms with van der Waals surface area (Å²) in [5.74, 6) is -0.438. The second-order valence-corrected chi connectivity index (χ2v) is 9.55. The van der Waals surface area contributed by atoms with Crippen LogP contribution in [0.15, 0.2) is 71.2 Å². The van der Waals surface area contributed by atoms with E-state index < -0.39 is 10.0 Å². The number of carbonyl (C=O) groups is 1. The average molecular weight is 470 g/mol. The molecule has 1 aromatic heterocycles. The molecule has 4 N–H and O–H groups in total. The van der Waals surface area contributed by atoms with Gasteiger partial charge in [-0.3, -0.25) is 4.79 Å². The highest BCUT2D eigenvalue weighted by molar-refractivity contribution is 7.90. The van der Waals surface area contributed by atoms with Gasteiger partial charge in [-0.05, 0) is 53.5 Å². The summed E-state index contributed by atoms with van der Waals surface area (Å²) in [6.07, 6.45) is 3.81.